The molecule has 0 aliphatic heterocycles. The fourth-order valence-electron chi connectivity index (χ4n) is 3.96. The van der Waals surface area contributed by atoms with Crippen LogP contribution >= 0.6 is 0 Å². The first-order valence-corrected chi connectivity index (χ1v) is 13.1. The lowest BCUT2D eigenvalue weighted by Crippen LogP contribution is -2.15. The summed E-state index contributed by atoms with van der Waals surface area (Å²) in [5, 5.41) is 4.91. The topological polar surface area (TPSA) is 74.5 Å². The van der Waals surface area contributed by atoms with Crippen LogP contribution in [0.4, 0.5) is 5.69 Å². The maximum atomic E-state index is 12.8. The molecule has 0 fully saturated rings. The Hall–Kier alpha value is -4.36. The highest BCUT2D eigenvalue weighted by molar-refractivity contribution is 6.06. The Kier molecular flexibility index (Phi) is 10.9. The first-order valence-electron chi connectivity index (χ1n) is 13.1. The summed E-state index contributed by atoms with van der Waals surface area (Å²) in [4.78, 5) is 23.7. The van der Waals surface area contributed by atoms with Crippen molar-refractivity contribution in [2.45, 2.75) is 33.7 Å². The Morgan fingerprint density at radius 1 is 0.923 bits per heavy atom. The average Bonchev–Trinajstić information content (AvgIpc) is 3.52. The molecule has 0 atom stereocenters. The van der Waals surface area contributed by atoms with Crippen molar-refractivity contribution in [3.05, 3.63) is 90.8 Å². The molecule has 2 heterocycles. The second kappa shape index (κ2) is 14.5. The molecule has 7 heteroatoms. The largest absolute Gasteiger partial charge is 0.457 e. The highest BCUT2D eigenvalue weighted by atomic mass is 16.5. The normalized spacial score (nSPS) is 10.3. The van der Waals surface area contributed by atoms with Crippen LogP contribution in [0.3, 0.4) is 0 Å². The standard InChI is InChI=1S/C26H21N3O3.C3H8O.C3H8/c1-28-22-6-3-2-5-18(22)17-24(28)26(31)27-19-9-11-20(12-10-19)32-25-8-4-7-23-21(25)13-14-29(23)15-16-30;1-3-4-2;1-3-2/h2-14,16-17H,15H2,1H3,(H,27,31);3H2,1-2H3;3H2,1-2H3. The van der Waals surface area contributed by atoms with E-state index in [9.17, 15) is 9.59 Å². The molecule has 0 aliphatic carbocycles. The molecular formula is C32H37N3O4. The van der Waals surface area contributed by atoms with E-state index < -0.39 is 0 Å². The van der Waals surface area contributed by atoms with E-state index in [1.807, 2.05) is 108 Å². The molecule has 0 bridgehead atoms. The fraction of sp³-hybridized carbons (Fsp3) is 0.250. The van der Waals surface area contributed by atoms with Gasteiger partial charge in [-0.1, -0.05) is 44.5 Å². The summed E-state index contributed by atoms with van der Waals surface area (Å²) < 4.78 is 14.4. The van der Waals surface area contributed by atoms with Crippen LogP contribution in [-0.2, 0) is 23.1 Å². The Morgan fingerprint density at radius 2 is 1.59 bits per heavy atom. The second-order valence-electron chi connectivity index (χ2n) is 8.84. The zero-order valence-corrected chi connectivity index (χ0v) is 23.3. The zero-order valence-electron chi connectivity index (χ0n) is 23.3. The van der Waals surface area contributed by atoms with E-state index in [4.69, 9.17) is 4.74 Å². The number of nitrogens with zero attached hydrogens (tertiary/aromatic N) is 2. The van der Waals surface area contributed by atoms with Crippen molar-refractivity contribution in [3.63, 3.8) is 0 Å². The summed E-state index contributed by atoms with van der Waals surface area (Å²) in [6.45, 7) is 7.33. The van der Waals surface area contributed by atoms with Gasteiger partial charge in [-0.3, -0.25) is 4.79 Å². The monoisotopic (exact) mass is 527 g/mol. The van der Waals surface area contributed by atoms with Gasteiger partial charge in [-0.2, -0.15) is 0 Å². The second-order valence-corrected chi connectivity index (χ2v) is 8.84. The number of hydrogen-bond acceptors (Lipinski definition) is 4. The predicted molar refractivity (Wildman–Crippen MR) is 159 cm³/mol. The van der Waals surface area contributed by atoms with E-state index in [-0.39, 0.29) is 5.91 Å². The lowest BCUT2D eigenvalue weighted by atomic mass is 10.2. The first-order chi connectivity index (χ1) is 19.0. The number of carbonyl (C=O) groups excluding carboxylic acids is 2. The van der Waals surface area contributed by atoms with Gasteiger partial charge in [0, 0.05) is 48.9 Å². The minimum Gasteiger partial charge on any atom is -0.457 e. The lowest BCUT2D eigenvalue weighted by Gasteiger charge is -2.10. The Labute approximate surface area is 230 Å². The van der Waals surface area contributed by atoms with Gasteiger partial charge in [-0.05, 0) is 61.5 Å². The van der Waals surface area contributed by atoms with Crippen LogP contribution in [0.2, 0.25) is 0 Å². The number of fused-ring (bicyclic) bond motifs is 2. The van der Waals surface area contributed by atoms with E-state index in [2.05, 4.69) is 23.9 Å². The fourth-order valence-corrected chi connectivity index (χ4v) is 3.96. The third kappa shape index (κ3) is 7.36. The summed E-state index contributed by atoms with van der Waals surface area (Å²) >= 11 is 0. The van der Waals surface area contributed by atoms with Crippen LogP contribution in [-0.4, -0.2) is 35.0 Å². The molecule has 0 radical (unpaired) electrons. The molecule has 0 aliphatic rings. The number of aromatic nitrogens is 2. The van der Waals surface area contributed by atoms with E-state index in [1.54, 1.807) is 7.11 Å². The summed E-state index contributed by atoms with van der Waals surface area (Å²) in [6, 6.07) is 24.7. The lowest BCUT2D eigenvalue weighted by molar-refractivity contribution is -0.108. The van der Waals surface area contributed by atoms with Crippen molar-refractivity contribution >= 4 is 39.7 Å². The third-order valence-corrected chi connectivity index (χ3v) is 5.86. The van der Waals surface area contributed by atoms with Gasteiger partial charge >= 0.3 is 0 Å². The minimum absolute atomic E-state index is 0.168. The number of rotatable bonds is 7. The van der Waals surface area contributed by atoms with Gasteiger partial charge in [0.05, 0.1) is 12.1 Å². The Bertz CT molecular complexity index is 1500. The molecule has 0 unspecified atom stereocenters. The molecule has 2 aromatic heterocycles. The SMILES string of the molecule is CCC.CCOC.Cn1c(C(=O)Nc2ccc(Oc3cccc4c3ccn4CC=O)cc2)cc2ccccc21. The molecule has 5 aromatic rings. The van der Waals surface area contributed by atoms with Crippen LogP contribution < -0.4 is 10.1 Å². The molecule has 0 saturated carbocycles. The molecule has 1 N–H and O–H groups in total. The summed E-state index contributed by atoms with van der Waals surface area (Å²) in [7, 11) is 3.57. The molecule has 39 heavy (non-hydrogen) atoms. The molecule has 0 saturated heterocycles. The van der Waals surface area contributed by atoms with Crippen LogP contribution in [0.5, 0.6) is 11.5 Å². The average molecular weight is 528 g/mol. The van der Waals surface area contributed by atoms with E-state index in [0.717, 1.165) is 34.7 Å². The van der Waals surface area contributed by atoms with Crippen molar-refractivity contribution in [1.82, 2.24) is 9.13 Å². The quantitative estimate of drug-likeness (QED) is 0.223. The first kappa shape index (κ1) is 29.2. The van der Waals surface area contributed by atoms with Crippen LogP contribution in [0.15, 0.2) is 85.1 Å². The molecular weight excluding hydrogens is 490 g/mol. The number of anilines is 1. The van der Waals surface area contributed by atoms with Gasteiger partial charge < -0.3 is 28.7 Å². The molecule has 1 amide bonds. The summed E-state index contributed by atoms with van der Waals surface area (Å²) in [5.41, 5.74) is 3.23. The van der Waals surface area contributed by atoms with E-state index in [1.165, 1.54) is 6.42 Å². The highest BCUT2D eigenvalue weighted by Gasteiger charge is 2.13. The number of ether oxygens (including phenoxy) is 2. The van der Waals surface area contributed by atoms with Gasteiger partial charge in [-0.25, -0.2) is 0 Å². The van der Waals surface area contributed by atoms with Crippen molar-refractivity contribution in [1.29, 1.82) is 0 Å². The molecule has 0 spiro atoms. The maximum absolute atomic E-state index is 12.8. The molecule has 7 nitrogen and oxygen atoms in total. The predicted octanol–water partition coefficient (Wildman–Crippen LogP) is 7.45. The number of para-hydroxylation sites is 1. The zero-order chi connectivity index (χ0) is 28.2. The smallest absolute Gasteiger partial charge is 0.272 e. The summed E-state index contributed by atoms with van der Waals surface area (Å²) in [5.74, 6) is 1.20. The number of aryl methyl sites for hydroxylation is 1. The number of aldehydes is 1. The number of hydrogen-bond donors (Lipinski definition) is 1. The van der Waals surface area contributed by atoms with Gasteiger partial charge in [0.25, 0.3) is 5.91 Å². The van der Waals surface area contributed by atoms with Crippen molar-refractivity contribution in [2.75, 3.05) is 19.0 Å². The van der Waals surface area contributed by atoms with Gasteiger partial charge in [0.1, 0.15) is 23.5 Å². The minimum atomic E-state index is -0.168. The summed E-state index contributed by atoms with van der Waals surface area (Å²) in [6.07, 6.45) is 4.00. The third-order valence-electron chi connectivity index (χ3n) is 5.86. The van der Waals surface area contributed by atoms with Crippen molar-refractivity contribution < 1.29 is 19.1 Å². The van der Waals surface area contributed by atoms with Crippen LogP contribution in [0.1, 0.15) is 37.7 Å². The number of amides is 1. The van der Waals surface area contributed by atoms with Crippen LogP contribution in [0.25, 0.3) is 21.8 Å². The van der Waals surface area contributed by atoms with Crippen LogP contribution in [0, 0.1) is 0 Å². The highest BCUT2D eigenvalue weighted by Crippen LogP contribution is 2.31. The van der Waals surface area contributed by atoms with E-state index in [0.29, 0.717) is 29.4 Å². The van der Waals surface area contributed by atoms with Gasteiger partial charge in [0.2, 0.25) is 0 Å². The maximum Gasteiger partial charge on any atom is 0.272 e. The molecule has 5 rings (SSSR count). The Morgan fingerprint density at radius 3 is 2.23 bits per heavy atom. The number of nitrogens with one attached hydrogen (secondary N) is 1. The van der Waals surface area contributed by atoms with E-state index >= 15 is 0 Å². The molecule has 3 aromatic carbocycles. The van der Waals surface area contributed by atoms with Crippen molar-refractivity contribution in [2.24, 2.45) is 7.05 Å². The number of benzene rings is 3. The number of carbonyl (C=O) groups is 2. The van der Waals surface area contributed by atoms with Gasteiger partial charge in [0.15, 0.2) is 0 Å². The molecule has 204 valence electrons. The number of methoxy groups -OCH3 is 1. The van der Waals surface area contributed by atoms with Crippen molar-refractivity contribution in [3.8, 4) is 11.5 Å². The van der Waals surface area contributed by atoms with Gasteiger partial charge in [-0.15, -0.1) is 0 Å². The Balaban J connectivity index is 0.000000542.